The summed E-state index contributed by atoms with van der Waals surface area (Å²) in [6.45, 7) is 5.76. The Hall–Kier alpha value is 0. The Morgan fingerprint density at radius 1 is 1.06 bits per heavy atom. The molecule has 0 amide bonds. The predicted molar refractivity (Wildman–Crippen MR) is 90.8 cm³/mol. The van der Waals surface area contributed by atoms with E-state index in [1.54, 1.807) is 0 Å². The smallest absolute Gasteiger partial charge is 0.195 e. The van der Waals surface area contributed by atoms with E-state index in [9.17, 15) is 0 Å². The lowest BCUT2D eigenvalue weighted by Gasteiger charge is -2.34. The molecule has 1 saturated carbocycles. The third-order valence-corrected chi connectivity index (χ3v) is 3.75. The summed E-state index contributed by atoms with van der Waals surface area (Å²) in [5.41, 5.74) is 0.562. The van der Waals surface area contributed by atoms with E-state index >= 15 is 0 Å². The molecular formula is C14H30IN3. The molecule has 4 heteroatoms. The molecule has 0 unspecified atom stereocenters. The van der Waals surface area contributed by atoms with Crippen LogP contribution in [0.15, 0.2) is 4.99 Å². The molecule has 108 valence electrons. The maximum atomic E-state index is 4.76. The highest BCUT2D eigenvalue weighted by Crippen LogP contribution is 2.37. The second-order valence-electron chi connectivity index (χ2n) is 6.54. The molecule has 18 heavy (non-hydrogen) atoms. The van der Waals surface area contributed by atoms with Gasteiger partial charge in [-0.1, -0.05) is 13.8 Å². The van der Waals surface area contributed by atoms with E-state index in [2.05, 4.69) is 51.8 Å². The monoisotopic (exact) mass is 367 g/mol. The first-order valence-corrected chi connectivity index (χ1v) is 6.71. The highest BCUT2D eigenvalue weighted by Gasteiger charge is 2.26. The second-order valence-corrected chi connectivity index (χ2v) is 6.54. The molecule has 0 spiro atoms. The first kappa shape index (κ1) is 18.0. The molecule has 0 N–H and O–H groups in total. The fourth-order valence-electron chi connectivity index (χ4n) is 2.54. The van der Waals surface area contributed by atoms with Crippen LogP contribution in [0.5, 0.6) is 0 Å². The topological polar surface area (TPSA) is 18.8 Å². The molecule has 0 saturated heterocycles. The molecule has 0 aliphatic heterocycles. The van der Waals surface area contributed by atoms with Crippen molar-refractivity contribution in [2.75, 3.05) is 34.7 Å². The Morgan fingerprint density at radius 3 is 1.89 bits per heavy atom. The Balaban J connectivity index is 0.00000289. The molecule has 1 aliphatic carbocycles. The zero-order chi connectivity index (χ0) is 13.1. The van der Waals surface area contributed by atoms with Crippen LogP contribution in [0.25, 0.3) is 0 Å². The molecular weight excluding hydrogens is 337 g/mol. The van der Waals surface area contributed by atoms with Gasteiger partial charge in [0, 0.05) is 34.7 Å². The van der Waals surface area contributed by atoms with Crippen molar-refractivity contribution >= 4 is 29.9 Å². The lowest BCUT2D eigenvalue weighted by molar-refractivity contribution is 0.195. The minimum atomic E-state index is 0. The number of hydrogen-bond donors (Lipinski definition) is 0. The lowest BCUT2D eigenvalue weighted by atomic mass is 9.73. The molecule has 0 heterocycles. The molecule has 0 bridgehead atoms. The fourth-order valence-corrected chi connectivity index (χ4v) is 2.54. The van der Waals surface area contributed by atoms with Gasteiger partial charge in [-0.15, -0.1) is 24.0 Å². The van der Waals surface area contributed by atoms with Crippen molar-refractivity contribution in [1.82, 2.24) is 9.80 Å². The maximum Gasteiger partial charge on any atom is 0.195 e. The van der Waals surface area contributed by atoms with Gasteiger partial charge in [-0.25, -0.2) is 0 Å². The van der Waals surface area contributed by atoms with Gasteiger partial charge in [0.1, 0.15) is 0 Å². The van der Waals surface area contributed by atoms with Crippen molar-refractivity contribution in [2.24, 2.45) is 16.3 Å². The summed E-state index contributed by atoms with van der Waals surface area (Å²) in [6.07, 6.45) is 5.38. The maximum absolute atomic E-state index is 4.76. The van der Waals surface area contributed by atoms with E-state index in [1.165, 1.54) is 25.7 Å². The molecule has 1 rings (SSSR count). The first-order valence-electron chi connectivity index (χ1n) is 6.71. The molecule has 1 aliphatic rings. The molecule has 0 aromatic heterocycles. The van der Waals surface area contributed by atoms with Gasteiger partial charge >= 0.3 is 0 Å². The Bertz CT molecular complexity index is 252. The van der Waals surface area contributed by atoms with Crippen LogP contribution in [-0.2, 0) is 0 Å². The highest BCUT2D eigenvalue weighted by molar-refractivity contribution is 14.0. The zero-order valence-corrected chi connectivity index (χ0v) is 15.2. The number of guanidine groups is 1. The average Bonchev–Trinajstić information content (AvgIpc) is 2.19. The summed E-state index contributed by atoms with van der Waals surface area (Å²) < 4.78 is 0. The van der Waals surface area contributed by atoms with Gasteiger partial charge in [0.2, 0.25) is 0 Å². The molecule has 0 aromatic rings. The summed E-state index contributed by atoms with van der Waals surface area (Å²) >= 11 is 0. The molecule has 0 radical (unpaired) electrons. The van der Waals surface area contributed by atoms with Crippen LogP contribution in [0.2, 0.25) is 0 Å². The second kappa shape index (κ2) is 7.56. The van der Waals surface area contributed by atoms with Gasteiger partial charge in [-0.2, -0.15) is 0 Å². The Kier molecular flexibility index (Phi) is 7.56. The number of rotatable bonds is 2. The van der Waals surface area contributed by atoms with Crippen molar-refractivity contribution < 1.29 is 0 Å². The third kappa shape index (κ3) is 5.76. The number of halogens is 1. The van der Waals surface area contributed by atoms with Crippen molar-refractivity contribution in [3.63, 3.8) is 0 Å². The van der Waals surface area contributed by atoms with Gasteiger partial charge in [-0.3, -0.25) is 4.99 Å². The summed E-state index contributed by atoms with van der Waals surface area (Å²) in [6, 6.07) is 0. The summed E-state index contributed by atoms with van der Waals surface area (Å²) in [5.74, 6) is 1.87. The van der Waals surface area contributed by atoms with Crippen LogP contribution in [0.3, 0.4) is 0 Å². The number of nitrogens with zero attached hydrogens (tertiary/aromatic N) is 3. The molecule has 1 fully saturated rings. The van der Waals surface area contributed by atoms with Crippen molar-refractivity contribution in [2.45, 2.75) is 39.5 Å². The number of aliphatic imine (C=N–C) groups is 1. The molecule has 0 aromatic carbocycles. The van der Waals surface area contributed by atoms with Crippen molar-refractivity contribution in [1.29, 1.82) is 0 Å². The van der Waals surface area contributed by atoms with Crippen molar-refractivity contribution in [3.8, 4) is 0 Å². The van der Waals surface area contributed by atoms with Crippen LogP contribution in [0.4, 0.5) is 0 Å². The Labute approximate surface area is 130 Å². The minimum Gasteiger partial charge on any atom is -0.349 e. The lowest BCUT2D eigenvalue weighted by Crippen LogP contribution is -2.36. The van der Waals surface area contributed by atoms with Crippen LogP contribution in [-0.4, -0.2) is 50.5 Å². The van der Waals surface area contributed by atoms with E-state index in [1.807, 2.05) is 0 Å². The SMILES string of the molecule is CN(C)C(=NCC1CCC(C)(C)CC1)N(C)C.I. The third-order valence-electron chi connectivity index (χ3n) is 3.75. The van der Waals surface area contributed by atoms with Crippen LogP contribution >= 0.6 is 24.0 Å². The van der Waals surface area contributed by atoms with Gasteiger partial charge in [0.15, 0.2) is 5.96 Å². The molecule has 3 nitrogen and oxygen atoms in total. The van der Waals surface area contributed by atoms with E-state index in [4.69, 9.17) is 4.99 Å². The zero-order valence-electron chi connectivity index (χ0n) is 12.9. The van der Waals surface area contributed by atoms with Crippen LogP contribution in [0, 0.1) is 11.3 Å². The summed E-state index contributed by atoms with van der Waals surface area (Å²) in [5, 5.41) is 0. The highest BCUT2D eigenvalue weighted by atomic mass is 127. The largest absolute Gasteiger partial charge is 0.349 e. The van der Waals surface area contributed by atoms with Gasteiger partial charge in [0.05, 0.1) is 0 Å². The van der Waals surface area contributed by atoms with E-state index < -0.39 is 0 Å². The normalized spacial score (nSPS) is 18.8. The van der Waals surface area contributed by atoms with Crippen molar-refractivity contribution in [3.05, 3.63) is 0 Å². The fraction of sp³-hybridized carbons (Fsp3) is 0.929. The first-order chi connectivity index (χ1) is 7.82. The van der Waals surface area contributed by atoms with E-state index in [0.717, 1.165) is 18.4 Å². The Morgan fingerprint density at radius 2 is 1.50 bits per heavy atom. The predicted octanol–water partition coefficient (Wildman–Crippen LogP) is 3.30. The average molecular weight is 367 g/mol. The summed E-state index contributed by atoms with van der Waals surface area (Å²) in [7, 11) is 8.23. The van der Waals surface area contributed by atoms with Gasteiger partial charge < -0.3 is 9.80 Å². The van der Waals surface area contributed by atoms with Crippen LogP contribution < -0.4 is 0 Å². The number of hydrogen-bond acceptors (Lipinski definition) is 1. The quantitative estimate of drug-likeness (QED) is 0.424. The van der Waals surface area contributed by atoms with E-state index in [0.29, 0.717) is 5.41 Å². The van der Waals surface area contributed by atoms with E-state index in [-0.39, 0.29) is 24.0 Å². The van der Waals surface area contributed by atoms with Gasteiger partial charge in [-0.05, 0) is 37.0 Å². The molecule has 0 atom stereocenters. The minimum absolute atomic E-state index is 0. The van der Waals surface area contributed by atoms with Gasteiger partial charge in [0.25, 0.3) is 0 Å². The van der Waals surface area contributed by atoms with Crippen LogP contribution in [0.1, 0.15) is 39.5 Å². The summed E-state index contributed by atoms with van der Waals surface area (Å²) in [4.78, 5) is 8.94. The standard InChI is InChI=1S/C14H29N3.HI/c1-14(2)9-7-12(8-10-14)11-15-13(16(3)4)17(5)6;/h12H,7-11H2,1-6H3;1H.